The number of rotatable bonds is 2. The topological polar surface area (TPSA) is 61.3 Å². The van der Waals surface area contributed by atoms with Gasteiger partial charge >= 0.3 is 6.16 Å². The Morgan fingerprint density at radius 3 is 3.12 bits per heavy atom. The van der Waals surface area contributed by atoms with E-state index >= 15 is 0 Å². The molecule has 0 N–H and O–H groups in total. The highest BCUT2D eigenvalue weighted by molar-refractivity contribution is 5.84. The fourth-order valence-electron chi connectivity index (χ4n) is 1.29. The number of pyridine rings is 2. The predicted octanol–water partition coefficient (Wildman–Crippen LogP) is 2.17. The fourth-order valence-corrected chi connectivity index (χ4v) is 1.29. The molecule has 0 amide bonds. The summed E-state index contributed by atoms with van der Waals surface area (Å²) in [5, 5.41) is 0.810. The quantitative estimate of drug-likeness (QED) is 0.723. The summed E-state index contributed by atoms with van der Waals surface area (Å²) >= 11 is 0. The van der Waals surface area contributed by atoms with Crippen LogP contribution in [0.5, 0.6) is 5.75 Å². The number of fused-ring (bicyclic) bond motifs is 1. The second-order valence-electron chi connectivity index (χ2n) is 3.00. The Balaban J connectivity index is 2.33. The van der Waals surface area contributed by atoms with Gasteiger partial charge in [0.25, 0.3) is 0 Å². The van der Waals surface area contributed by atoms with Gasteiger partial charge in [-0.05, 0) is 19.1 Å². The molecule has 0 aliphatic rings. The molecule has 0 bridgehead atoms. The van der Waals surface area contributed by atoms with E-state index in [-0.39, 0.29) is 6.61 Å². The first-order chi connectivity index (χ1) is 7.81. The minimum atomic E-state index is -0.748. The first kappa shape index (κ1) is 10.4. The van der Waals surface area contributed by atoms with E-state index in [1.54, 1.807) is 25.4 Å². The minimum Gasteiger partial charge on any atom is -0.434 e. The van der Waals surface area contributed by atoms with Crippen LogP contribution < -0.4 is 4.74 Å². The van der Waals surface area contributed by atoms with Gasteiger partial charge in [0.15, 0.2) is 5.75 Å². The summed E-state index contributed by atoms with van der Waals surface area (Å²) in [5.74, 6) is 0.302. The Bertz CT molecular complexity index is 508. The third-order valence-electron chi connectivity index (χ3n) is 1.93. The lowest BCUT2D eigenvalue weighted by molar-refractivity contribution is 0.104. The predicted molar refractivity (Wildman–Crippen MR) is 57.2 cm³/mol. The zero-order valence-corrected chi connectivity index (χ0v) is 8.71. The number of hydrogen-bond acceptors (Lipinski definition) is 5. The van der Waals surface area contributed by atoms with E-state index < -0.39 is 6.16 Å². The normalized spacial score (nSPS) is 10.1. The molecule has 0 saturated heterocycles. The summed E-state index contributed by atoms with van der Waals surface area (Å²) in [4.78, 5) is 19.2. The lowest BCUT2D eigenvalue weighted by atomic mass is 10.2. The summed E-state index contributed by atoms with van der Waals surface area (Å²) in [6.07, 6.45) is 3.97. The molecule has 0 aromatic carbocycles. The molecule has 0 aliphatic heterocycles. The van der Waals surface area contributed by atoms with Gasteiger partial charge in [-0.15, -0.1) is 0 Å². The largest absolute Gasteiger partial charge is 0.513 e. The molecular weight excluding hydrogens is 208 g/mol. The number of nitrogens with zero attached hydrogens (tertiary/aromatic N) is 2. The third kappa shape index (κ3) is 2.08. The molecule has 0 fully saturated rings. The second-order valence-corrected chi connectivity index (χ2v) is 3.00. The van der Waals surface area contributed by atoms with E-state index in [2.05, 4.69) is 14.7 Å². The highest BCUT2D eigenvalue weighted by Crippen LogP contribution is 2.21. The van der Waals surface area contributed by atoms with Crippen molar-refractivity contribution in [3.63, 3.8) is 0 Å². The average molecular weight is 218 g/mol. The molecule has 82 valence electrons. The molecule has 5 heteroatoms. The van der Waals surface area contributed by atoms with Crippen molar-refractivity contribution in [2.45, 2.75) is 6.92 Å². The van der Waals surface area contributed by atoms with Gasteiger partial charge in [0.2, 0.25) is 0 Å². The Labute approximate surface area is 92.0 Å². The number of hydrogen-bond donors (Lipinski definition) is 0. The second kappa shape index (κ2) is 4.57. The number of carbonyl (C=O) groups is 1. The highest BCUT2D eigenvalue weighted by atomic mass is 16.7. The van der Waals surface area contributed by atoms with Crippen LogP contribution in [0.4, 0.5) is 4.79 Å². The summed E-state index contributed by atoms with van der Waals surface area (Å²) in [5.41, 5.74) is 0.588. The molecule has 0 atom stereocenters. The van der Waals surface area contributed by atoms with Crippen molar-refractivity contribution in [2.75, 3.05) is 6.61 Å². The van der Waals surface area contributed by atoms with Gasteiger partial charge in [-0.2, -0.15) is 0 Å². The Morgan fingerprint density at radius 1 is 1.44 bits per heavy atom. The lowest BCUT2D eigenvalue weighted by Crippen LogP contribution is -2.10. The van der Waals surface area contributed by atoms with Gasteiger partial charge in [-0.3, -0.25) is 9.97 Å². The molecule has 0 radical (unpaired) electrons. The maximum atomic E-state index is 11.2. The lowest BCUT2D eigenvalue weighted by Gasteiger charge is -2.05. The van der Waals surface area contributed by atoms with Crippen molar-refractivity contribution in [2.24, 2.45) is 0 Å². The van der Waals surface area contributed by atoms with E-state index in [1.165, 1.54) is 6.20 Å². The molecule has 0 unspecified atom stereocenters. The first-order valence-corrected chi connectivity index (χ1v) is 4.84. The molecule has 0 saturated carbocycles. The van der Waals surface area contributed by atoms with Gasteiger partial charge in [0.05, 0.1) is 12.8 Å². The van der Waals surface area contributed by atoms with Crippen LogP contribution in [0, 0.1) is 0 Å². The van der Waals surface area contributed by atoms with Crippen LogP contribution in [-0.2, 0) is 4.74 Å². The van der Waals surface area contributed by atoms with Crippen LogP contribution in [0.1, 0.15) is 6.92 Å². The maximum absolute atomic E-state index is 11.2. The minimum absolute atomic E-state index is 0.268. The van der Waals surface area contributed by atoms with E-state index in [0.717, 1.165) is 5.39 Å². The molecule has 0 spiro atoms. The van der Waals surface area contributed by atoms with Crippen LogP contribution >= 0.6 is 0 Å². The zero-order chi connectivity index (χ0) is 11.4. The van der Waals surface area contributed by atoms with E-state index in [0.29, 0.717) is 11.3 Å². The standard InChI is InChI=1S/C11H10N2O3/c1-2-15-11(14)16-9-7-12-6-8-4-3-5-13-10(8)9/h3-7H,2H2,1H3. The first-order valence-electron chi connectivity index (χ1n) is 4.84. The van der Waals surface area contributed by atoms with Gasteiger partial charge in [-0.1, -0.05) is 0 Å². The SMILES string of the molecule is CCOC(=O)Oc1cncc2cccnc12. The smallest absolute Gasteiger partial charge is 0.434 e. The molecule has 16 heavy (non-hydrogen) atoms. The number of carbonyl (C=O) groups excluding carboxylic acids is 1. The summed E-state index contributed by atoms with van der Waals surface area (Å²) < 4.78 is 9.66. The molecule has 2 rings (SSSR count). The average Bonchev–Trinajstić information content (AvgIpc) is 2.30. The van der Waals surface area contributed by atoms with Crippen molar-refractivity contribution in [1.29, 1.82) is 0 Å². The van der Waals surface area contributed by atoms with Crippen LogP contribution in [0.15, 0.2) is 30.7 Å². The van der Waals surface area contributed by atoms with E-state index in [4.69, 9.17) is 4.74 Å². The Morgan fingerprint density at radius 2 is 2.31 bits per heavy atom. The third-order valence-corrected chi connectivity index (χ3v) is 1.93. The van der Waals surface area contributed by atoms with Gasteiger partial charge in [0.1, 0.15) is 5.52 Å². The van der Waals surface area contributed by atoms with Gasteiger partial charge in [0, 0.05) is 17.8 Å². The van der Waals surface area contributed by atoms with E-state index in [1.807, 2.05) is 6.07 Å². The maximum Gasteiger partial charge on any atom is 0.513 e. The number of aromatic nitrogens is 2. The van der Waals surface area contributed by atoms with Crippen LogP contribution in [0.3, 0.4) is 0 Å². The molecular formula is C11H10N2O3. The van der Waals surface area contributed by atoms with Crippen LogP contribution in [-0.4, -0.2) is 22.7 Å². The summed E-state index contributed by atoms with van der Waals surface area (Å²) in [7, 11) is 0. The molecule has 0 aliphatic carbocycles. The van der Waals surface area contributed by atoms with Crippen molar-refractivity contribution in [3.05, 3.63) is 30.7 Å². The fraction of sp³-hybridized carbons (Fsp3) is 0.182. The van der Waals surface area contributed by atoms with Crippen LogP contribution in [0.25, 0.3) is 10.9 Å². The van der Waals surface area contributed by atoms with E-state index in [9.17, 15) is 4.79 Å². The molecule has 2 aromatic rings. The Kier molecular flexibility index (Phi) is 2.95. The van der Waals surface area contributed by atoms with Crippen molar-refractivity contribution >= 4 is 17.1 Å². The van der Waals surface area contributed by atoms with Gasteiger partial charge < -0.3 is 9.47 Å². The monoisotopic (exact) mass is 218 g/mol. The molecule has 5 nitrogen and oxygen atoms in total. The van der Waals surface area contributed by atoms with Crippen molar-refractivity contribution in [1.82, 2.24) is 9.97 Å². The molecule has 2 aromatic heterocycles. The zero-order valence-electron chi connectivity index (χ0n) is 8.71. The Hall–Kier alpha value is -2.17. The molecule has 2 heterocycles. The highest BCUT2D eigenvalue weighted by Gasteiger charge is 2.09. The van der Waals surface area contributed by atoms with Crippen LogP contribution in [0.2, 0.25) is 0 Å². The van der Waals surface area contributed by atoms with Crippen molar-refractivity contribution < 1.29 is 14.3 Å². The number of ether oxygens (including phenoxy) is 2. The summed E-state index contributed by atoms with van der Waals surface area (Å²) in [6.45, 7) is 1.98. The van der Waals surface area contributed by atoms with Gasteiger partial charge in [-0.25, -0.2) is 4.79 Å². The van der Waals surface area contributed by atoms with Crippen molar-refractivity contribution in [3.8, 4) is 5.75 Å². The summed E-state index contributed by atoms with van der Waals surface area (Å²) in [6, 6.07) is 3.63.